The molecule has 144 valence electrons. The van der Waals surface area contributed by atoms with Crippen LogP contribution in [0.1, 0.15) is 10.4 Å². The minimum atomic E-state index is -0.795. The van der Waals surface area contributed by atoms with E-state index in [-0.39, 0.29) is 42.1 Å². The van der Waals surface area contributed by atoms with Crippen molar-refractivity contribution in [3.63, 3.8) is 0 Å². The summed E-state index contributed by atoms with van der Waals surface area (Å²) >= 11 is 0. The van der Waals surface area contributed by atoms with Crippen LogP contribution >= 0.6 is 0 Å². The van der Waals surface area contributed by atoms with Crippen molar-refractivity contribution >= 4 is 11.6 Å². The smallest absolute Gasteiger partial charge is 0.269 e. The number of nitrogens with two attached hydrogens (primary N) is 1. The molecule has 0 unspecified atom stereocenters. The van der Waals surface area contributed by atoms with Gasteiger partial charge in [-0.25, -0.2) is 0 Å². The van der Waals surface area contributed by atoms with E-state index in [1.54, 1.807) is 0 Å². The number of nitrogens with zero attached hydrogens (tertiary/aromatic N) is 1. The van der Waals surface area contributed by atoms with Crippen LogP contribution in [-0.4, -0.2) is 38.6 Å². The molecule has 0 fully saturated rings. The zero-order chi connectivity index (χ0) is 19.8. The van der Waals surface area contributed by atoms with Gasteiger partial charge in [-0.3, -0.25) is 14.9 Å². The second-order valence-electron chi connectivity index (χ2n) is 5.11. The van der Waals surface area contributed by atoms with Gasteiger partial charge in [0.25, 0.3) is 11.6 Å². The van der Waals surface area contributed by atoms with Crippen molar-refractivity contribution in [2.75, 3.05) is 27.8 Å². The van der Waals surface area contributed by atoms with Gasteiger partial charge in [0.1, 0.15) is 28.6 Å². The van der Waals surface area contributed by atoms with E-state index in [2.05, 4.69) is 0 Å². The van der Waals surface area contributed by atoms with E-state index in [0.29, 0.717) is 5.75 Å². The Morgan fingerprint density at radius 2 is 1.59 bits per heavy atom. The lowest BCUT2D eigenvalue weighted by Gasteiger charge is -2.16. The maximum atomic E-state index is 11.9. The molecule has 0 spiro atoms. The molecule has 0 aromatic heterocycles. The number of hydrogen-bond acceptors (Lipinski definition) is 8. The number of amides is 1. The molecular formula is C17H18N2O8. The highest BCUT2D eigenvalue weighted by Crippen LogP contribution is 2.37. The molecule has 0 bridgehead atoms. The summed E-state index contributed by atoms with van der Waals surface area (Å²) in [6.45, 7) is -0.179. The maximum Gasteiger partial charge on any atom is 0.269 e. The first-order valence-electron chi connectivity index (χ1n) is 7.60. The summed E-state index contributed by atoms with van der Waals surface area (Å²) in [5.41, 5.74) is 5.33. The standard InChI is InChI=1S/C17H18N2O8/c1-23-9-25-13-7-14(26-10-24-2)16(17(18)20)15(8-13)27-12-5-3-11(4-6-12)19(21)22/h3-8H,9-10H2,1-2H3,(H2,18,20). The zero-order valence-electron chi connectivity index (χ0n) is 14.7. The van der Waals surface area contributed by atoms with Gasteiger partial charge in [-0.1, -0.05) is 0 Å². The molecule has 27 heavy (non-hydrogen) atoms. The normalized spacial score (nSPS) is 10.3. The highest BCUT2D eigenvalue weighted by Gasteiger charge is 2.20. The monoisotopic (exact) mass is 378 g/mol. The van der Waals surface area contributed by atoms with Crippen molar-refractivity contribution in [1.29, 1.82) is 0 Å². The van der Waals surface area contributed by atoms with Crippen molar-refractivity contribution in [2.45, 2.75) is 0 Å². The molecule has 0 saturated heterocycles. The summed E-state index contributed by atoms with van der Waals surface area (Å²) in [7, 11) is 2.87. The Kier molecular flexibility index (Phi) is 6.92. The van der Waals surface area contributed by atoms with Gasteiger partial charge >= 0.3 is 0 Å². The average Bonchev–Trinajstić information content (AvgIpc) is 2.64. The number of carbonyl (C=O) groups excluding carboxylic acids is 1. The molecule has 2 aromatic carbocycles. The summed E-state index contributed by atoms with van der Waals surface area (Å²) in [4.78, 5) is 22.1. The van der Waals surface area contributed by atoms with Gasteiger partial charge in [0.2, 0.25) is 0 Å². The van der Waals surface area contributed by atoms with Gasteiger partial charge in [0, 0.05) is 38.5 Å². The van der Waals surface area contributed by atoms with Crippen LogP contribution < -0.4 is 19.9 Å². The van der Waals surface area contributed by atoms with Crippen molar-refractivity contribution in [3.8, 4) is 23.0 Å². The first-order chi connectivity index (χ1) is 13.0. The number of benzene rings is 2. The summed E-state index contributed by atoms with van der Waals surface area (Å²) in [5.74, 6) is -0.100. The first kappa shape index (κ1) is 19.9. The highest BCUT2D eigenvalue weighted by atomic mass is 16.7. The summed E-state index contributed by atoms with van der Waals surface area (Å²) in [6.07, 6.45) is 0. The third-order valence-electron chi connectivity index (χ3n) is 3.24. The predicted octanol–water partition coefficient (Wildman–Crippen LogP) is 2.45. The van der Waals surface area contributed by atoms with Crippen molar-refractivity contribution in [3.05, 3.63) is 52.1 Å². The number of nitro benzene ring substituents is 1. The van der Waals surface area contributed by atoms with E-state index in [1.165, 1.54) is 50.6 Å². The molecule has 0 atom stereocenters. The average molecular weight is 378 g/mol. The Hall–Kier alpha value is -3.37. The van der Waals surface area contributed by atoms with E-state index in [1.807, 2.05) is 0 Å². The lowest BCUT2D eigenvalue weighted by atomic mass is 10.1. The topological polar surface area (TPSA) is 132 Å². The summed E-state index contributed by atoms with van der Waals surface area (Å²) < 4.78 is 26.1. The zero-order valence-corrected chi connectivity index (χ0v) is 14.7. The predicted molar refractivity (Wildman–Crippen MR) is 93.1 cm³/mol. The quantitative estimate of drug-likeness (QED) is 0.379. The molecule has 0 aliphatic heterocycles. The fourth-order valence-corrected chi connectivity index (χ4v) is 2.10. The number of carbonyl (C=O) groups is 1. The number of hydrogen-bond donors (Lipinski definition) is 1. The van der Waals surface area contributed by atoms with Crippen LogP contribution in [-0.2, 0) is 9.47 Å². The Morgan fingerprint density at radius 1 is 1.00 bits per heavy atom. The molecule has 0 radical (unpaired) electrons. The Labute approximate surface area is 154 Å². The van der Waals surface area contributed by atoms with Gasteiger partial charge in [-0.2, -0.15) is 0 Å². The third-order valence-corrected chi connectivity index (χ3v) is 3.24. The maximum absolute atomic E-state index is 11.9. The number of rotatable bonds is 10. The van der Waals surface area contributed by atoms with E-state index >= 15 is 0 Å². The van der Waals surface area contributed by atoms with Crippen LogP contribution in [0.3, 0.4) is 0 Å². The van der Waals surface area contributed by atoms with Gasteiger partial charge in [-0.15, -0.1) is 0 Å². The van der Waals surface area contributed by atoms with Crippen LogP contribution in [0, 0.1) is 10.1 Å². The van der Waals surface area contributed by atoms with Crippen LogP contribution in [0.4, 0.5) is 5.69 Å². The molecule has 10 nitrogen and oxygen atoms in total. The van der Waals surface area contributed by atoms with Crippen molar-refractivity contribution in [2.24, 2.45) is 5.73 Å². The Morgan fingerprint density at radius 3 is 2.15 bits per heavy atom. The number of ether oxygens (including phenoxy) is 5. The molecule has 0 heterocycles. The lowest BCUT2D eigenvalue weighted by Crippen LogP contribution is -2.15. The van der Waals surface area contributed by atoms with Crippen LogP contribution in [0.2, 0.25) is 0 Å². The Balaban J connectivity index is 2.43. The molecular weight excluding hydrogens is 360 g/mol. The number of nitro groups is 1. The summed E-state index contributed by atoms with van der Waals surface area (Å²) in [6, 6.07) is 8.20. The van der Waals surface area contributed by atoms with Crippen LogP contribution in [0.15, 0.2) is 36.4 Å². The molecule has 0 aliphatic rings. The molecule has 2 rings (SSSR count). The van der Waals surface area contributed by atoms with Gasteiger partial charge in [0.05, 0.1) is 4.92 Å². The largest absolute Gasteiger partial charge is 0.467 e. The lowest BCUT2D eigenvalue weighted by molar-refractivity contribution is -0.384. The fraction of sp³-hybridized carbons (Fsp3) is 0.235. The van der Waals surface area contributed by atoms with E-state index < -0.39 is 10.8 Å². The van der Waals surface area contributed by atoms with Crippen molar-refractivity contribution in [1.82, 2.24) is 0 Å². The van der Waals surface area contributed by atoms with E-state index in [9.17, 15) is 14.9 Å². The first-order valence-corrected chi connectivity index (χ1v) is 7.60. The third kappa shape index (κ3) is 5.30. The second-order valence-corrected chi connectivity index (χ2v) is 5.11. The minimum absolute atomic E-state index is 0.0323. The molecule has 10 heteroatoms. The Bertz CT molecular complexity index is 807. The second kappa shape index (κ2) is 9.36. The van der Waals surface area contributed by atoms with Gasteiger partial charge in [-0.05, 0) is 12.1 Å². The molecule has 2 aromatic rings. The van der Waals surface area contributed by atoms with Crippen LogP contribution in [0.5, 0.6) is 23.0 Å². The van der Waals surface area contributed by atoms with Crippen molar-refractivity contribution < 1.29 is 33.4 Å². The molecule has 0 saturated carbocycles. The highest BCUT2D eigenvalue weighted by molar-refractivity contribution is 5.99. The summed E-state index contributed by atoms with van der Waals surface area (Å²) in [5, 5.41) is 10.8. The minimum Gasteiger partial charge on any atom is -0.467 e. The van der Waals surface area contributed by atoms with E-state index in [4.69, 9.17) is 29.4 Å². The molecule has 2 N–H and O–H groups in total. The number of primary amides is 1. The molecule has 0 aliphatic carbocycles. The van der Waals surface area contributed by atoms with E-state index in [0.717, 1.165) is 0 Å². The number of methoxy groups -OCH3 is 2. The fourth-order valence-electron chi connectivity index (χ4n) is 2.10. The van der Waals surface area contributed by atoms with Gasteiger partial charge < -0.3 is 29.4 Å². The SMILES string of the molecule is COCOc1cc(OCOC)c(C(N)=O)c(Oc2ccc([N+](=O)[O-])cc2)c1. The van der Waals surface area contributed by atoms with Crippen LogP contribution in [0.25, 0.3) is 0 Å². The number of non-ortho nitro benzene ring substituents is 1. The molecule has 1 amide bonds. The van der Waals surface area contributed by atoms with Gasteiger partial charge in [0.15, 0.2) is 13.6 Å².